The Labute approximate surface area is 99.5 Å². The van der Waals surface area contributed by atoms with Gasteiger partial charge in [-0.05, 0) is 19.1 Å². The Balaban J connectivity index is 2.28. The lowest BCUT2D eigenvalue weighted by Crippen LogP contribution is -1.95. The van der Waals surface area contributed by atoms with Gasteiger partial charge in [-0.3, -0.25) is 0 Å². The van der Waals surface area contributed by atoms with E-state index in [0.29, 0.717) is 5.76 Å². The first-order valence-corrected chi connectivity index (χ1v) is 5.65. The largest absolute Gasteiger partial charge is 0.458 e. The van der Waals surface area contributed by atoms with Crippen LogP contribution in [0.3, 0.4) is 0 Å². The number of halogens is 1. The van der Waals surface area contributed by atoms with Crippen molar-refractivity contribution in [1.82, 2.24) is 0 Å². The normalized spacial score (nSPS) is 12.7. The van der Waals surface area contributed by atoms with Gasteiger partial charge in [0.25, 0.3) is 0 Å². The zero-order valence-corrected chi connectivity index (χ0v) is 9.74. The molecule has 1 aromatic heterocycles. The molecule has 1 heterocycles. The maximum Gasteiger partial charge on any atom is 0.134 e. The van der Waals surface area contributed by atoms with Gasteiger partial charge in [0.15, 0.2) is 0 Å². The fourth-order valence-corrected chi connectivity index (χ4v) is 1.63. The second kappa shape index (κ2) is 4.73. The van der Waals surface area contributed by atoms with Crippen molar-refractivity contribution in [2.24, 2.45) is 0 Å². The smallest absolute Gasteiger partial charge is 0.134 e. The molecule has 2 aromatic rings. The molecule has 0 fully saturated rings. The summed E-state index contributed by atoms with van der Waals surface area (Å²) < 4.78 is 5.53. The Kier molecular flexibility index (Phi) is 3.32. The van der Waals surface area contributed by atoms with Gasteiger partial charge in [-0.2, -0.15) is 0 Å². The quantitative estimate of drug-likeness (QED) is 0.828. The highest BCUT2D eigenvalue weighted by atomic mass is 35.5. The van der Waals surface area contributed by atoms with Crippen molar-refractivity contribution < 1.29 is 9.52 Å². The van der Waals surface area contributed by atoms with Crippen LogP contribution in [0.1, 0.15) is 17.4 Å². The van der Waals surface area contributed by atoms with E-state index in [1.165, 1.54) is 5.56 Å². The summed E-state index contributed by atoms with van der Waals surface area (Å²) in [5, 5.41) is 9.51. The molecular weight excluding hydrogens is 224 g/mol. The molecule has 0 aliphatic heterocycles. The van der Waals surface area contributed by atoms with Crippen molar-refractivity contribution in [2.45, 2.75) is 13.0 Å². The van der Waals surface area contributed by atoms with Crippen molar-refractivity contribution in [3.8, 4) is 11.3 Å². The van der Waals surface area contributed by atoms with Crippen LogP contribution in [-0.2, 0) is 0 Å². The number of rotatable bonds is 3. The molecule has 1 N–H and O–H groups in total. The zero-order chi connectivity index (χ0) is 11.5. The van der Waals surface area contributed by atoms with Gasteiger partial charge in [-0.25, -0.2) is 0 Å². The summed E-state index contributed by atoms with van der Waals surface area (Å²) in [4.78, 5) is 0. The molecule has 1 unspecified atom stereocenters. The number of aliphatic hydroxyl groups is 1. The second-order valence-corrected chi connectivity index (χ2v) is 4.05. The zero-order valence-electron chi connectivity index (χ0n) is 8.98. The molecule has 2 rings (SSSR count). The Bertz CT molecular complexity index is 459. The highest BCUT2D eigenvalue weighted by Gasteiger charge is 2.11. The first-order valence-electron chi connectivity index (χ1n) is 5.11. The average Bonchev–Trinajstić information content (AvgIpc) is 2.78. The monoisotopic (exact) mass is 236 g/mol. The Morgan fingerprint density at radius 3 is 2.50 bits per heavy atom. The minimum atomic E-state index is -0.735. The van der Waals surface area contributed by atoms with Crippen molar-refractivity contribution in [1.29, 1.82) is 0 Å². The van der Waals surface area contributed by atoms with E-state index in [0.717, 1.165) is 11.3 Å². The van der Waals surface area contributed by atoms with E-state index in [9.17, 15) is 5.11 Å². The van der Waals surface area contributed by atoms with E-state index in [2.05, 4.69) is 0 Å². The van der Waals surface area contributed by atoms with Gasteiger partial charge in [0.05, 0.1) is 5.88 Å². The van der Waals surface area contributed by atoms with Crippen LogP contribution in [-0.4, -0.2) is 11.0 Å². The molecule has 0 radical (unpaired) electrons. The summed E-state index contributed by atoms with van der Waals surface area (Å²) in [7, 11) is 0. The van der Waals surface area contributed by atoms with Crippen molar-refractivity contribution in [2.75, 3.05) is 5.88 Å². The van der Waals surface area contributed by atoms with Gasteiger partial charge in [0.2, 0.25) is 0 Å². The topological polar surface area (TPSA) is 33.4 Å². The third-order valence-electron chi connectivity index (χ3n) is 2.44. The van der Waals surface area contributed by atoms with E-state index >= 15 is 0 Å². The summed E-state index contributed by atoms with van der Waals surface area (Å²) in [5.41, 5.74) is 2.20. The molecule has 0 aliphatic rings. The lowest BCUT2D eigenvalue weighted by Gasteiger charge is -2.02. The number of benzene rings is 1. The first kappa shape index (κ1) is 11.2. The molecule has 2 nitrogen and oxygen atoms in total. The Morgan fingerprint density at radius 1 is 1.19 bits per heavy atom. The van der Waals surface area contributed by atoms with Crippen LogP contribution in [0.2, 0.25) is 0 Å². The fourth-order valence-electron chi connectivity index (χ4n) is 1.48. The van der Waals surface area contributed by atoms with Gasteiger partial charge >= 0.3 is 0 Å². The van der Waals surface area contributed by atoms with E-state index in [1.54, 1.807) is 6.07 Å². The third-order valence-corrected chi connectivity index (χ3v) is 2.73. The number of alkyl halides is 1. The summed E-state index contributed by atoms with van der Waals surface area (Å²) in [6.45, 7) is 2.04. The van der Waals surface area contributed by atoms with Crippen molar-refractivity contribution in [3.63, 3.8) is 0 Å². The first-order chi connectivity index (χ1) is 7.70. The van der Waals surface area contributed by atoms with E-state index < -0.39 is 6.10 Å². The summed E-state index contributed by atoms with van der Waals surface area (Å²) >= 11 is 5.55. The Morgan fingerprint density at radius 2 is 1.88 bits per heavy atom. The maximum absolute atomic E-state index is 9.51. The van der Waals surface area contributed by atoms with Gasteiger partial charge < -0.3 is 9.52 Å². The van der Waals surface area contributed by atoms with Crippen LogP contribution in [0, 0.1) is 6.92 Å². The number of aryl methyl sites for hydroxylation is 1. The maximum atomic E-state index is 9.51. The summed E-state index contributed by atoms with van der Waals surface area (Å²) in [6.07, 6.45) is -0.735. The minimum absolute atomic E-state index is 0.140. The van der Waals surface area contributed by atoms with E-state index in [1.807, 2.05) is 37.3 Å². The van der Waals surface area contributed by atoms with Crippen LogP contribution in [0.5, 0.6) is 0 Å². The van der Waals surface area contributed by atoms with Crippen LogP contribution in [0.15, 0.2) is 40.8 Å². The van der Waals surface area contributed by atoms with Crippen LogP contribution in [0.4, 0.5) is 0 Å². The predicted molar refractivity (Wildman–Crippen MR) is 64.6 cm³/mol. The van der Waals surface area contributed by atoms with E-state index in [4.69, 9.17) is 16.0 Å². The second-order valence-electron chi connectivity index (χ2n) is 3.74. The van der Waals surface area contributed by atoms with E-state index in [-0.39, 0.29) is 5.88 Å². The molecule has 1 atom stereocenters. The lowest BCUT2D eigenvalue weighted by molar-refractivity contribution is 0.174. The minimum Gasteiger partial charge on any atom is -0.458 e. The molecule has 3 heteroatoms. The molecule has 0 spiro atoms. The van der Waals surface area contributed by atoms with Crippen LogP contribution < -0.4 is 0 Å². The molecule has 0 saturated heterocycles. The molecule has 16 heavy (non-hydrogen) atoms. The molecule has 0 amide bonds. The SMILES string of the molecule is Cc1ccc(-c2ccc(C(O)CCl)o2)cc1. The standard InChI is InChI=1S/C13H13ClO2/c1-9-2-4-10(5-3-9)12-6-7-13(16-12)11(15)8-14/h2-7,11,15H,8H2,1H3. The molecule has 0 bridgehead atoms. The highest BCUT2D eigenvalue weighted by molar-refractivity contribution is 6.18. The lowest BCUT2D eigenvalue weighted by atomic mass is 10.1. The molecule has 0 saturated carbocycles. The predicted octanol–water partition coefficient (Wildman–Crippen LogP) is 3.53. The summed E-state index contributed by atoms with van der Waals surface area (Å²) in [5.74, 6) is 1.39. The van der Waals surface area contributed by atoms with Gasteiger partial charge in [-0.15, -0.1) is 11.6 Å². The van der Waals surface area contributed by atoms with Gasteiger partial charge in [0, 0.05) is 5.56 Å². The molecule has 84 valence electrons. The van der Waals surface area contributed by atoms with Gasteiger partial charge in [-0.1, -0.05) is 29.8 Å². The fraction of sp³-hybridized carbons (Fsp3) is 0.231. The number of aliphatic hydroxyl groups excluding tert-OH is 1. The van der Waals surface area contributed by atoms with Crippen molar-refractivity contribution in [3.05, 3.63) is 47.7 Å². The molecule has 0 aliphatic carbocycles. The number of hydrogen-bond acceptors (Lipinski definition) is 2. The number of furan rings is 1. The van der Waals surface area contributed by atoms with Crippen LogP contribution >= 0.6 is 11.6 Å². The third kappa shape index (κ3) is 2.29. The Hall–Kier alpha value is -1.25. The van der Waals surface area contributed by atoms with Crippen LogP contribution in [0.25, 0.3) is 11.3 Å². The number of hydrogen-bond donors (Lipinski definition) is 1. The van der Waals surface area contributed by atoms with Gasteiger partial charge in [0.1, 0.15) is 17.6 Å². The molecule has 1 aromatic carbocycles. The average molecular weight is 237 g/mol. The van der Waals surface area contributed by atoms with Crippen molar-refractivity contribution >= 4 is 11.6 Å². The molecular formula is C13H13ClO2. The highest BCUT2D eigenvalue weighted by Crippen LogP contribution is 2.25. The summed E-state index contributed by atoms with van der Waals surface area (Å²) in [6, 6.07) is 11.6.